The zero-order valence-corrected chi connectivity index (χ0v) is 17.3. The molecule has 0 atom stereocenters. The summed E-state index contributed by atoms with van der Waals surface area (Å²) in [5.74, 6) is -1.03. The second-order valence-electron chi connectivity index (χ2n) is 6.52. The molecule has 0 aliphatic carbocycles. The van der Waals surface area contributed by atoms with Crippen LogP contribution >= 0.6 is 0 Å². The van der Waals surface area contributed by atoms with E-state index in [1.165, 1.54) is 36.4 Å². The van der Waals surface area contributed by atoms with E-state index in [0.29, 0.717) is 11.1 Å². The maximum Gasteiger partial charge on any atom is 0.289 e. The monoisotopic (exact) mass is 454 g/mol. The Hall–Kier alpha value is -4.09. The lowest BCUT2D eigenvalue weighted by molar-refractivity contribution is -0.387. The van der Waals surface area contributed by atoms with Crippen LogP contribution in [0.2, 0.25) is 0 Å². The summed E-state index contributed by atoms with van der Waals surface area (Å²) in [5, 5.41) is 11.1. The van der Waals surface area contributed by atoms with Crippen LogP contribution in [0.1, 0.15) is 26.3 Å². The summed E-state index contributed by atoms with van der Waals surface area (Å²) < 4.78 is 27.2. The first-order valence-corrected chi connectivity index (χ1v) is 10.7. The van der Waals surface area contributed by atoms with Gasteiger partial charge in [0.25, 0.3) is 17.5 Å². The summed E-state index contributed by atoms with van der Waals surface area (Å²) in [7, 11) is -4.12. The molecule has 3 aromatic rings. The second kappa shape index (κ2) is 9.81. The van der Waals surface area contributed by atoms with E-state index in [0.717, 1.165) is 12.1 Å². The molecule has 2 amide bonds. The Morgan fingerprint density at radius 3 is 1.91 bits per heavy atom. The number of nitro benzene ring substituents is 1. The van der Waals surface area contributed by atoms with Crippen molar-refractivity contribution in [1.82, 2.24) is 15.6 Å². The molecule has 0 saturated carbocycles. The molecule has 0 saturated heterocycles. The highest BCUT2D eigenvalue weighted by atomic mass is 32.2. The summed E-state index contributed by atoms with van der Waals surface area (Å²) in [4.78, 5) is 34.0. The van der Waals surface area contributed by atoms with Gasteiger partial charge in [0.1, 0.15) is 0 Å². The zero-order chi connectivity index (χ0) is 23.1. The minimum absolute atomic E-state index is 0.138. The topological polar surface area (TPSA) is 148 Å². The van der Waals surface area contributed by atoms with E-state index < -0.39 is 37.3 Å². The van der Waals surface area contributed by atoms with Gasteiger partial charge in [-0.1, -0.05) is 42.5 Å². The molecule has 0 aliphatic heterocycles. The molecule has 11 heteroatoms. The summed E-state index contributed by atoms with van der Waals surface area (Å²) >= 11 is 0. The summed E-state index contributed by atoms with van der Waals surface area (Å²) in [5.41, 5.74) is 5.23. The quantitative estimate of drug-likeness (QED) is 0.368. The van der Waals surface area contributed by atoms with E-state index in [2.05, 4.69) is 15.6 Å². The largest absolute Gasteiger partial charge is 0.289 e. The van der Waals surface area contributed by atoms with Gasteiger partial charge in [0, 0.05) is 23.7 Å². The molecule has 164 valence electrons. The number of hydrazine groups is 1. The van der Waals surface area contributed by atoms with Crippen molar-refractivity contribution in [2.24, 2.45) is 0 Å². The van der Waals surface area contributed by atoms with Crippen LogP contribution in [0.25, 0.3) is 0 Å². The van der Waals surface area contributed by atoms with Gasteiger partial charge >= 0.3 is 0 Å². The standard InChI is InChI=1S/C21H18N4O6S/c26-20(16-6-2-1-3-7-16)23-24-21(27)17-12-10-15(11-13-17)14-22-32(30,31)19-9-5-4-8-18(19)25(28)29/h1-13,22H,14H2,(H,23,26)(H,24,27). The van der Waals surface area contributed by atoms with E-state index in [4.69, 9.17) is 0 Å². The first kappa shape index (κ1) is 22.6. The third-order valence-corrected chi connectivity index (χ3v) is 5.81. The first-order chi connectivity index (χ1) is 15.3. The Bertz CT molecular complexity index is 1240. The molecule has 3 aromatic carbocycles. The van der Waals surface area contributed by atoms with Gasteiger partial charge in [-0.15, -0.1) is 0 Å². The third-order valence-electron chi connectivity index (χ3n) is 4.36. The average molecular weight is 454 g/mol. The average Bonchev–Trinajstić information content (AvgIpc) is 2.82. The number of nitro groups is 1. The first-order valence-electron chi connectivity index (χ1n) is 9.26. The van der Waals surface area contributed by atoms with Crippen molar-refractivity contribution in [2.75, 3.05) is 0 Å². The number of nitrogens with zero attached hydrogens (tertiary/aromatic N) is 1. The molecule has 0 spiro atoms. The van der Waals surface area contributed by atoms with E-state index in [1.807, 2.05) is 0 Å². The van der Waals surface area contributed by atoms with E-state index in [-0.39, 0.29) is 12.1 Å². The van der Waals surface area contributed by atoms with Crippen LogP contribution < -0.4 is 15.6 Å². The van der Waals surface area contributed by atoms with Gasteiger partial charge in [0.05, 0.1) is 4.92 Å². The predicted octanol–water partition coefficient (Wildman–Crippen LogP) is 2.15. The maximum absolute atomic E-state index is 12.5. The van der Waals surface area contributed by atoms with Crippen LogP contribution in [0.15, 0.2) is 83.8 Å². The molecule has 0 bridgehead atoms. The van der Waals surface area contributed by atoms with Crippen LogP contribution in [-0.2, 0) is 16.6 Å². The SMILES string of the molecule is O=C(NNC(=O)c1ccc(CNS(=O)(=O)c2ccccc2[N+](=O)[O-])cc1)c1ccccc1. The number of hydrogen-bond donors (Lipinski definition) is 3. The predicted molar refractivity (Wildman–Crippen MR) is 115 cm³/mol. The van der Waals surface area contributed by atoms with Gasteiger partial charge in [-0.05, 0) is 35.9 Å². The molecular formula is C21H18N4O6S. The number of nitrogens with one attached hydrogen (secondary N) is 3. The Morgan fingerprint density at radius 1 is 0.781 bits per heavy atom. The molecule has 3 rings (SSSR count). The van der Waals surface area contributed by atoms with E-state index in [1.54, 1.807) is 30.3 Å². The van der Waals surface area contributed by atoms with Crippen molar-refractivity contribution in [1.29, 1.82) is 0 Å². The highest BCUT2D eigenvalue weighted by molar-refractivity contribution is 7.89. The van der Waals surface area contributed by atoms with Gasteiger partial charge in [0.2, 0.25) is 10.0 Å². The van der Waals surface area contributed by atoms with E-state index >= 15 is 0 Å². The van der Waals surface area contributed by atoms with Gasteiger partial charge in [-0.3, -0.25) is 30.6 Å². The minimum atomic E-state index is -4.12. The molecular weight excluding hydrogens is 436 g/mol. The van der Waals surface area contributed by atoms with E-state index in [9.17, 15) is 28.1 Å². The van der Waals surface area contributed by atoms with Gasteiger partial charge in [0.15, 0.2) is 4.90 Å². The van der Waals surface area contributed by atoms with Crippen molar-refractivity contribution >= 4 is 27.5 Å². The van der Waals surface area contributed by atoms with Gasteiger partial charge in [-0.2, -0.15) is 0 Å². The van der Waals surface area contributed by atoms with Crippen molar-refractivity contribution in [3.05, 3.63) is 106 Å². The Kier molecular flexibility index (Phi) is 6.93. The number of carbonyl (C=O) groups excluding carboxylic acids is 2. The summed E-state index contributed by atoms with van der Waals surface area (Å²) in [6.07, 6.45) is 0. The molecule has 32 heavy (non-hydrogen) atoms. The van der Waals surface area contributed by atoms with Crippen molar-refractivity contribution in [2.45, 2.75) is 11.4 Å². The van der Waals surface area contributed by atoms with Gasteiger partial charge in [-0.25, -0.2) is 13.1 Å². The van der Waals surface area contributed by atoms with Crippen molar-refractivity contribution in [3.8, 4) is 0 Å². The number of carbonyl (C=O) groups is 2. The maximum atomic E-state index is 12.5. The Morgan fingerprint density at radius 2 is 1.31 bits per heavy atom. The van der Waals surface area contributed by atoms with Crippen LogP contribution in [0.4, 0.5) is 5.69 Å². The number of rotatable bonds is 7. The molecule has 0 unspecified atom stereocenters. The molecule has 10 nitrogen and oxygen atoms in total. The molecule has 0 aromatic heterocycles. The smallest absolute Gasteiger partial charge is 0.267 e. The van der Waals surface area contributed by atoms with Gasteiger partial charge < -0.3 is 0 Å². The third kappa shape index (κ3) is 5.53. The number of hydrogen-bond acceptors (Lipinski definition) is 6. The minimum Gasteiger partial charge on any atom is -0.267 e. The molecule has 3 N–H and O–H groups in total. The van der Waals surface area contributed by atoms with Crippen LogP contribution in [0.5, 0.6) is 0 Å². The fourth-order valence-corrected chi connectivity index (χ4v) is 3.90. The molecule has 0 heterocycles. The number of benzene rings is 3. The van der Waals surface area contributed by atoms with Crippen LogP contribution in [0, 0.1) is 10.1 Å². The Labute approximate surface area is 183 Å². The molecule has 0 fully saturated rings. The summed E-state index contributed by atoms with van der Waals surface area (Å²) in [6, 6.07) is 19.3. The lowest BCUT2D eigenvalue weighted by Gasteiger charge is -2.09. The fraction of sp³-hybridized carbons (Fsp3) is 0.0476. The zero-order valence-electron chi connectivity index (χ0n) is 16.5. The van der Waals surface area contributed by atoms with Crippen molar-refractivity contribution < 1.29 is 22.9 Å². The number of sulfonamides is 1. The normalized spacial score (nSPS) is 10.9. The molecule has 0 radical (unpaired) electrons. The second-order valence-corrected chi connectivity index (χ2v) is 8.26. The number of amides is 2. The van der Waals surface area contributed by atoms with Crippen LogP contribution in [0.3, 0.4) is 0 Å². The summed E-state index contributed by atoms with van der Waals surface area (Å²) in [6.45, 7) is -0.138. The Balaban J connectivity index is 1.59. The highest BCUT2D eigenvalue weighted by Gasteiger charge is 2.24. The lowest BCUT2D eigenvalue weighted by atomic mass is 10.1. The highest BCUT2D eigenvalue weighted by Crippen LogP contribution is 2.22. The number of para-hydroxylation sites is 1. The van der Waals surface area contributed by atoms with Crippen molar-refractivity contribution in [3.63, 3.8) is 0 Å². The molecule has 0 aliphatic rings. The fourth-order valence-electron chi connectivity index (χ4n) is 2.71. The van der Waals surface area contributed by atoms with Crippen LogP contribution in [-0.4, -0.2) is 25.2 Å². The lowest BCUT2D eigenvalue weighted by Crippen LogP contribution is -2.41.